The number of ether oxygens (including phenoxy) is 1. The average Bonchev–Trinajstić information content (AvgIpc) is 3.06. The minimum Gasteiger partial charge on any atom is -0.481 e. The van der Waals surface area contributed by atoms with E-state index in [-0.39, 0.29) is 5.91 Å². The zero-order valence-corrected chi connectivity index (χ0v) is 16.4. The van der Waals surface area contributed by atoms with Gasteiger partial charge in [-0.2, -0.15) is 0 Å². The lowest BCUT2D eigenvalue weighted by Crippen LogP contribution is -2.47. The Morgan fingerprint density at radius 2 is 1.81 bits per heavy atom. The maximum Gasteiger partial charge on any atom is 0.279 e. The highest BCUT2D eigenvalue weighted by Gasteiger charge is 2.17. The number of carbonyl (C=O) groups is 2. The van der Waals surface area contributed by atoms with Gasteiger partial charge in [-0.25, -0.2) is 0 Å². The summed E-state index contributed by atoms with van der Waals surface area (Å²) < 4.78 is 5.70. The lowest BCUT2D eigenvalue weighted by atomic mass is 10.1. The summed E-state index contributed by atoms with van der Waals surface area (Å²) in [7, 11) is 0. The second kappa shape index (κ2) is 8.22. The number of benzene rings is 2. The summed E-state index contributed by atoms with van der Waals surface area (Å²) in [5.74, 6) is -0.140. The molecule has 1 aromatic heterocycles. The Morgan fingerprint density at radius 1 is 1.07 bits per heavy atom. The molecule has 0 saturated carbocycles. The van der Waals surface area contributed by atoms with E-state index in [1.165, 1.54) is 11.3 Å². The van der Waals surface area contributed by atoms with Crippen LogP contribution in [0.4, 0.5) is 0 Å². The molecule has 140 valence electrons. The number of hydrazine groups is 1. The topological polar surface area (TPSA) is 67.4 Å². The Kier molecular flexibility index (Phi) is 5.76. The van der Waals surface area contributed by atoms with Crippen LogP contribution in [0.25, 0.3) is 10.8 Å². The molecule has 1 heterocycles. The van der Waals surface area contributed by atoms with Crippen LogP contribution in [0.3, 0.4) is 0 Å². The van der Waals surface area contributed by atoms with Crippen LogP contribution < -0.4 is 15.6 Å². The zero-order chi connectivity index (χ0) is 19.4. The number of carbonyl (C=O) groups excluding carboxylic acids is 2. The molecule has 2 aromatic carbocycles. The predicted octanol–water partition coefficient (Wildman–Crippen LogP) is 4.00. The summed E-state index contributed by atoms with van der Waals surface area (Å²) in [6.45, 7) is 5.67. The first kappa shape index (κ1) is 18.9. The van der Waals surface area contributed by atoms with E-state index in [4.69, 9.17) is 4.74 Å². The monoisotopic (exact) mass is 382 g/mol. The molecule has 27 heavy (non-hydrogen) atoms. The van der Waals surface area contributed by atoms with Gasteiger partial charge >= 0.3 is 0 Å². The number of nitrogens with one attached hydrogen (secondary N) is 2. The molecule has 1 unspecified atom stereocenters. The van der Waals surface area contributed by atoms with Crippen molar-refractivity contribution in [2.24, 2.45) is 0 Å². The summed E-state index contributed by atoms with van der Waals surface area (Å²) >= 11 is 1.42. The fraction of sp³-hybridized carbons (Fsp3) is 0.238. The number of hydrogen-bond donors (Lipinski definition) is 2. The summed E-state index contributed by atoms with van der Waals surface area (Å²) in [5, 5.41) is 2.14. The van der Waals surface area contributed by atoms with Crippen LogP contribution >= 0.6 is 11.3 Å². The van der Waals surface area contributed by atoms with Gasteiger partial charge in [0.1, 0.15) is 5.75 Å². The quantitative estimate of drug-likeness (QED) is 0.656. The average molecular weight is 382 g/mol. The number of hydrogen-bond acceptors (Lipinski definition) is 4. The van der Waals surface area contributed by atoms with Gasteiger partial charge < -0.3 is 4.74 Å². The molecule has 2 N–H and O–H groups in total. The van der Waals surface area contributed by atoms with Crippen LogP contribution in [-0.2, 0) is 11.2 Å². The highest BCUT2D eigenvalue weighted by atomic mass is 32.1. The van der Waals surface area contributed by atoms with Gasteiger partial charge in [0.2, 0.25) is 0 Å². The maximum atomic E-state index is 12.2. The summed E-state index contributed by atoms with van der Waals surface area (Å²) in [5.41, 5.74) is 6.02. The molecule has 0 fully saturated rings. The smallest absolute Gasteiger partial charge is 0.279 e. The Hall–Kier alpha value is -2.86. The van der Waals surface area contributed by atoms with Crippen LogP contribution in [0, 0.1) is 6.92 Å². The van der Waals surface area contributed by atoms with Crippen molar-refractivity contribution in [3.63, 3.8) is 0 Å². The number of aryl methyl sites for hydroxylation is 2. The molecule has 1 atom stereocenters. The van der Waals surface area contributed by atoms with Crippen molar-refractivity contribution in [2.75, 3.05) is 0 Å². The Labute approximate surface area is 162 Å². The van der Waals surface area contributed by atoms with E-state index in [2.05, 4.69) is 10.9 Å². The van der Waals surface area contributed by atoms with Gasteiger partial charge in [0, 0.05) is 4.88 Å². The summed E-state index contributed by atoms with van der Waals surface area (Å²) in [4.78, 5) is 26.1. The number of fused-ring (bicyclic) bond motifs is 1. The van der Waals surface area contributed by atoms with Crippen molar-refractivity contribution in [2.45, 2.75) is 33.3 Å². The minimum atomic E-state index is -0.747. The third-order valence-electron chi connectivity index (χ3n) is 4.33. The van der Waals surface area contributed by atoms with E-state index in [1.807, 2.05) is 62.4 Å². The van der Waals surface area contributed by atoms with Crippen LogP contribution in [0.5, 0.6) is 5.75 Å². The van der Waals surface area contributed by atoms with E-state index in [9.17, 15) is 9.59 Å². The summed E-state index contributed by atoms with van der Waals surface area (Å²) in [6.07, 6.45) is 0.126. The molecule has 3 aromatic rings. The van der Waals surface area contributed by atoms with Gasteiger partial charge in [-0.15, -0.1) is 11.3 Å². The SMILES string of the molecule is CCc1cc(C(=O)NNC(=O)C(C)Oc2ccc3ccccc3c2)sc1C. The van der Waals surface area contributed by atoms with Crippen LogP contribution in [-0.4, -0.2) is 17.9 Å². The van der Waals surface area contributed by atoms with Gasteiger partial charge in [0.25, 0.3) is 11.8 Å². The van der Waals surface area contributed by atoms with Crippen molar-refractivity contribution in [3.8, 4) is 5.75 Å². The van der Waals surface area contributed by atoms with Gasteiger partial charge in [-0.05, 0) is 54.8 Å². The molecule has 0 saturated heterocycles. The number of amides is 2. The number of thiophene rings is 1. The fourth-order valence-corrected chi connectivity index (χ4v) is 3.77. The van der Waals surface area contributed by atoms with Crippen molar-refractivity contribution in [1.29, 1.82) is 0 Å². The van der Waals surface area contributed by atoms with E-state index < -0.39 is 12.0 Å². The van der Waals surface area contributed by atoms with E-state index >= 15 is 0 Å². The first-order valence-electron chi connectivity index (χ1n) is 8.83. The lowest BCUT2D eigenvalue weighted by molar-refractivity contribution is -0.128. The molecule has 6 heteroatoms. The van der Waals surface area contributed by atoms with Crippen molar-refractivity contribution in [3.05, 3.63) is 63.8 Å². The fourth-order valence-electron chi connectivity index (χ4n) is 2.76. The minimum absolute atomic E-state index is 0.325. The maximum absolute atomic E-state index is 12.2. The standard InChI is InChI=1S/C21H22N2O3S/c1-4-15-12-19(27-14(15)3)21(25)23-22-20(24)13(2)26-18-10-9-16-7-5-6-8-17(16)11-18/h5-13H,4H2,1-3H3,(H,22,24)(H,23,25). The molecule has 0 radical (unpaired) electrons. The van der Waals surface area contributed by atoms with Crippen LogP contribution in [0.15, 0.2) is 48.5 Å². The van der Waals surface area contributed by atoms with Crippen LogP contribution in [0.2, 0.25) is 0 Å². The molecule has 5 nitrogen and oxygen atoms in total. The molecule has 2 amide bonds. The van der Waals surface area contributed by atoms with Gasteiger partial charge in [-0.1, -0.05) is 37.3 Å². The Bertz CT molecular complexity index is 980. The van der Waals surface area contributed by atoms with Gasteiger partial charge in [0.05, 0.1) is 4.88 Å². The predicted molar refractivity (Wildman–Crippen MR) is 108 cm³/mol. The Morgan fingerprint density at radius 3 is 2.52 bits per heavy atom. The second-order valence-corrected chi connectivity index (χ2v) is 7.51. The van der Waals surface area contributed by atoms with Crippen molar-refractivity contribution < 1.29 is 14.3 Å². The molecule has 0 spiro atoms. The van der Waals surface area contributed by atoms with E-state index in [0.717, 1.165) is 27.6 Å². The molecular weight excluding hydrogens is 360 g/mol. The third-order valence-corrected chi connectivity index (χ3v) is 5.42. The normalized spacial score (nSPS) is 11.8. The lowest BCUT2D eigenvalue weighted by Gasteiger charge is -2.15. The largest absolute Gasteiger partial charge is 0.481 e. The summed E-state index contributed by atoms with van der Waals surface area (Å²) in [6, 6.07) is 15.4. The molecule has 0 aliphatic carbocycles. The van der Waals surface area contributed by atoms with Gasteiger partial charge in [0.15, 0.2) is 6.10 Å². The third kappa shape index (κ3) is 4.46. The van der Waals surface area contributed by atoms with E-state index in [0.29, 0.717) is 10.6 Å². The number of rotatable bonds is 5. The highest BCUT2D eigenvalue weighted by molar-refractivity contribution is 7.14. The van der Waals surface area contributed by atoms with Crippen molar-refractivity contribution in [1.82, 2.24) is 10.9 Å². The zero-order valence-electron chi connectivity index (χ0n) is 15.5. The Balaban J connectivity index is 1.57. The first-order chi connectivity index (χ1) is 13.0. The van der Waals surface area contributed by atoms with Crippen LogP contribution in [0.1, 0.15) is 34.0 Å². The van der Waals surface area contributed by atoms with E-state index in [1.54, 1.807) is 6.92 Å². The molecule has 0 bridgehead atoms. The molecule has 3 rings (SSSR count). The molecule has 0 aliphatic rings. The highest BCUT2D eigenvalue weighted by Crippen LogP contribution is 2.22. The van der Waals surface area contributed by atoms with Crippen molar-refractivity contribution >= 4 is 33.9 Å². The second-order valence-electron chi connectivity index (χ2n) is 6.26. The first-order valence-corrected chi connectivity index (χ1v) is 9.64. The molecule has 0 aliphatic heterocycles. The van der Waals surface area contributed by atoms with Gasteiger partial charge in [-0.3, -0.25) is 20.4 Å². The molecular formula is C21H22N2O3S.